The van der Waals surface area contributed by atoms with Crippen LogP contribution in [0.5, 0.6) is 0 Å². The van der Waals surface area contributed by atoms with E-state index in [0.717, 1.165) is 49.3 Å². The predicted octanol–water partition coefficient (Wildman–Crippen LogP) is 2.87. The molecule has 1 aliphatic rings. The number of aliphatic hydroxyl groups is 1. The zero-order valence-corrected chi connectivity index (χ0v) is 12.5. The van der Waals surface area contributed by atoms with Gasteiger partial charge in [0.05, 0.1) is 12.6 Å². The van der Waals surface area contributed by atoms with Gasteiger partial charge < -0.3 is 19.6 Å². The first-order chi connectivity index (χ1) is 10.2. The Bertz CT molecular complexity index is 553. The first-order valence-electron chi connectivity index (χ1n) is 7.63. The molecule has 4 nitrogen and oxygen atoms in total. The summed E-state index contributed by atoms with van der Waals surface area (Å²) in [5, 5.41) is 14.4. The molecule has 114 valence electrons. The largest absolute Gasteiger partial charge is 0.459 e. The Hall–Kier alpha value is -1.36. The van der Waals surface area contributed by atoms with Crippen LogP contribution in [-0.2, 0) is 4.74 Å². The second-order valence-electron chi connectivity index (χ2n) is 6.06. The average Bonchev–Trinajstić information content (AvgIpc) is 2.97. The quantitative estimate of drug-likeness (QED) is 0.888. The van der Waals surface area contributed by atoms with Crippen molar-refractivity contribution in [2.24, 2.45) is 5.41 Å². The van der Waals surface area contributed by atoms with Gasteiger partial charge in [-0.2, -0.15) is 0 Å². The lowest BCUT2D eigenvalue weighted by molar-refractivity contribution is -0.0165. The van der Waals surface area contributed by atoms with Crippen LogP contribution in [0.2, 0.25) is 0 Å². The minimum Gasteiger partial charge on any atom is -0.459 e. The lowest BCUT2D eigenvalue weighted by atomic mass is 9.81. The molecule has 0 spiro atoms. The molecule has 0 saturated carbocycles. The van der Waals surface area contributed by atoms with Crippen molar-refractivity contribution in [3.05, 3.63) is 36.1 Å². The summed E-state index contributed by atoms with van der Waals surface area (Å²) in [5.74, 6) is 0.941. The molecule has 2 N–H and O–H groups in total. The average molecular weight is 289 g/mol. The Morgan fingerprint density at radius 2 is 2.05 bits per heavy atom. The van der Waals surface area contributed by atoms with Gasteiger partial charge in [0.1, 0.15) is 11.3 Å². The van der Waals surface area contributed by atoms with Crippen LogP contribution in [0.1, 0.15) is 31.6 Å². The molecule has 1 unspecified atom stereocenters. The van der Waals surface area contributed by atoms with Gasteiger partial charge in [0, 0.05) is 30.6 Å². The number of hydrogen-bond acceptors (Lipinski definition) is 4. The van der Waals surface area contributed by atoms with Crippen molar-refractivity contribution in [1.29, 1.82) is 0 Å². The Balaban J connectivity index is 1.66. The number of furan rings is 1. The number of nitrogens with one attached hydrogen (secondary N) is 1. The maximum atomic E-state index is 9.72. The van der Waals surface area contributed by atoms with E-state index < -0.39 is 0 Å². The summed E-state index contributed by atoms with van der Waals surface area (Å²) < 4.78 is 11.3. The molecule has 21 heavy (non-hydrogen) atoms. The lowest BCUT2D eigenvalue weighted by Crippen LogP contribution is -2.42. The molecule has 3 rings (SSSR count). The molecular formula is C17H23NO3. The number of ether oxygens (including phenoxy) is 1. The Labute approximate surface area is 125 Å². The molecule has 1 aromatic heterocycles. The highest BCUT2D eigenvalue weighted by atomic mass is 16.5. The number of benzene rings is 1. The van der Waals surface area contributed by atoms with Crippen molar-refractivity contribution in [3.8, 4) is 0 Å². The Morgan fingerprint density at radius 1 is 1.29 bits per heavy atom. The topological polar surface area (TPSA) is 54.6 Å². The van der Waals surface area contributed by atoms with Crippen LogP contribution in [0.25, 0.3) is 11.0 Å². The second-order valence-corrected chi connectivity index (χ2v) is 6.06. The maximum Gasteiger partial charge on any atom is 0.134 e. The monoisotopic (exact) mass is 289 g/mol. The fourth-order valence-electron chi connectivity index (χ4n) is 2.88. The summed E-state index contributed by atoms with van der Waals surface area (Å²) >= 11 is 0. The van der Waals surface area contributed by atoms with E-state index in [1.54, 1.807) is 0 Å². The highest BCUT2D eigenvalue weighted by molar-refractivity contribution is 5.77. The number of hydrogen-bond donors (Lipinski definition) is 2. The number of aliphatic hydroxyl groups excluding tert-OH is 1. The van der Waals surface area contributed by atoms with Crippen LogP contribution in [0.15, 0.2) is 34.7 Å². The van der Waals surface area contributed by atoms with Gasteiger partial charge in [-0.3, -0.25) is 0 Å². The molecule has 1 saturated heterocycles. The fraction of sp³-hybridized carbons (Fsp3) is 0.529. The molecule has 0 aliphatic carbocycles. The smallest absolute Gasteiger partial charge is 0.134 e. The van der Waals surface area contributed by atoms with E-state index in [9.17, 15) is 5.11 Å². The summed E-state index contributed by atoms with van der Waals surface area (Å²) in [6.07, 6.45) is 1.81. The molecule has 2 aromatic rings. The van der Waals surface area contributed by atoms with E-state index in [-0.39, 0.29) is 18.1 Å². The maximum absolute atomic E-state index is 9.72. The SMILES string of the molecule is CC(NCC1(CO)CCOCC1)c1cc2ccccc2o1. The van der Waals surface area contributed by atoms with Crippen molar-refractivity contribution < 1.29 is 14.3 Å². The van der Waals surface area contributed by atoms with Crippen LogP contribution in [0.3, 0.4) is 0 Å². The third-order valence-electron chi connectivity index (χ3n) is 4.54. The molecule has 1 atom stereocenters. The summed E-state index contributed by atoms with van der Waals surface area (Å²) in [6, 6.07) is 10.3. The Kier molecular flexibility index (Phi) is 4.29. The van der Waals surface area contributed by atoms with E-state index in [1.807, 2.05) is 18.2 Å². The van der Waals surface area contributed by atoms with E-state index in [2.05, 4.69) is 24.4 Å². The minimum atomic E-state index is -0.0570. The summed E-state index contributed by atoms with van der Waals surface area (Å²) in [6.45, 7) is 4.56. The molecular weight excluding hydrogens is 266 g/mol. The molecule has 1 aromatic carbocycles. The van der Waals surface area contributed by atoms with Gasteiger partial charge in [-0.15, -0.1) is 0 Å². The van der Waals surface area contributed by atoms with Gasteiger partial charge in [-0.25, -0.2) is 0 Å². The van der Waals surface area contributed by atoms with Gasteiger partial charge in [0.15, 0.2) is 0 Å². The van der Waals surface area contributed by atoms with E-state index in [1.165, 1.54) is 0 Å². The summed E-state index contributed by atoms with van der Waals surface area (Å²) in [7, 11) is 0. The molecule has 1 aliphatic heterocycles. The predicted molar refractivity (Wildman–Crippen MR) is 82.2 cm³/mol. The first kappa shape index (κ1) is 14.6. The van der Waals surface area contributed by atoms with E-state index in [4.69, 9.17) is 9.15 Å². The zero-order chi connectivity index (χ0) is 14.7. The third-order valence-corrected chi connectivity index (χ3v) is 4.54. The molecule has 0 amide bonds. The van der Waals surface area contributed by atoms with Crippen molar-refractivity contribution in [1.82, 2.24) is 5.32 Å². The number of fused-ring (bicyclic) bond motifs is 1. The van der Waals surface area contributed by atoms with Crippen molar-refractivity contribution in [2.75, 3.05) is 26.4 Å². The second kappa shape index (κ2) is 6.18. The fourth-order valence-corrected chi connectivity index (χ4v) is 2.88. The molecule has 1 fully saturated rings. The standard InChI is InChI=1S/C17H23NO3/c1-13(16-10-14-4-2-3-5-15(14)21-16)18-11-17(12-19)6-8-20-9-7-17/h2-5,10,13,18-19H,6-9,11-12H2,1H3. The van der Waals surface area contributed by atoms with Gasteiger partial charge in [-0.1, -0.05) is 18.2 Å². The Morgan fingerprint density at radius 3 is 2.76 bits per heavy atom. The van der Waals surface area contributed by atoms with Crippen LogP contribution in [-0.4, -0.2) is 31.5 Å². The third kappa shape index (κ3) is 3.12. The van der Waals surface area contributed by atoms with Crippen molar-refractivity contribution >= 4 is 11.0 Å². The van der Waals surface area contributed by atoms with Gasteiger partial charge >= 0.3 is 0 Å². The molecule has 2 heterocycles. The van der Waals surface area contributed by atoms with E-state index >= 15 is 0 Å². The molecule has 0 radical (unpaired) electrons. The van der Waals surface area contributed by atoms with Gasteiger partial charge in [0.2, 0.25) is 0 Å². The summed E-state index contributed by atoms with van der Waals surface area (Å²) in [5.41, 5.74) is 0.863. The van der Waals surface area contributed by atoms with Crippen LogP contribution in [0.4, 0.5) is 0 Å². The van der Waals surface area contributed by atoms with Crippen molar-refractivity contribution in [2.45, 2.75) is 25.8 Å². The normalized spacial score (nSPS) is 19.7. The van der Waals surface area contributed by atoms with Crippen LogP contribution < -0.4 is 5.32 Å². The van der Waals surface area contributed by atoms with Gasteiger partial charge in [-0.05, 0) is 31.9 Å². The first-order valence-corrected chi connectivity index (χ1v) is 7.63. The van der Waals surface area contributed by atoms with Crippen molar-refractivity contribution in [3.63, 3.8) is 0 Å². The van der Waals surface area contributed by atoms with E-state index in [0.29, 0.717) is 0 Å². The van der Waals surface area contributed by atoms with Gasteiger partial charge in [0.25, 0.3) is 0 Å². The molecule has 4 heteroatoms. The number of rotatable bonds is 5. The van der Waals surface area contributed by atoms with Crippen LogP contribution >= 0.6 is 0 Å². The summed E-state index contributed by atoms with van der Waals surface area (Å²) in [4.78, 5) is 0. The molecule has 0 bridgehead atoms. The highest BCUT2D eigenvalue weighted by Crippen LogP contribution is 2.30. The van der Waals surface area contributed by atoms with Crippen LogP contribution in [0, 0.1) is 5.41 Å². The highest BCUT2D eigenvalue weighted by Gasteiger charge is 2.32. The lowest BCUT2D eigenvalue weighted by Gasteiger charge is -2.36. The minimum absolute atomic E-state index is 0.0570. The number of para-hydroxylation sites is 1. The zero-order valence-electron chi connectivity index (χ0n) is 12.5.